The van der Waals surface area contributed by atoms with E-state index in [1.54, 1.807) is 6.07 Å². The lowest BCUT2D eigenvalue weighted by molar-refractivity contribution is -0.938. The lowest BCUT2D eigenvalue weighted by Crippen LogP contribution is -3.00. The lowest BCUT2D eigenvalue weighted by atomic mass is 9.83. The molecule has 0 spiro atoms. The second-order valence-electron chi connectivity index (χ2n) is 9.23. The zero-order valence-electron chi connectivity index (χ0n) is 19.3. The molecule has 184 valence electrons. The van der Waals surface area contributed by atoms with Crippen molar-refractivity contribution in [3.05, 3.63) is 78.6 Å². The van der Waals surface area contributed by atoms with Crippen molar-refractivity contribution in [3.8, 4) is 0 Å². The van der Waals surface area contributed by atoms with Gasteiger partial charge in [0, 0.05) is 30.5 Å². The van der Waals surface area contributed by atoms with Crippen molar-refractivity contribution in [2.24, 2.45) is 5.92 Å². The molecule has 6 rings (SSSR count). The number of piperidine rings is 3. The third-order valence-corrected chi connectivity index (χ3v) is 6.95. The molecule has 2 atom stereocenters. The van der Waals surface area contributed by atoms with Gasteiger partial charge in [0.05, 0.1) is 13.1 Å². The van der Waals surface area contributed by atoms with Crippen LogP contribution in [0.1, 0.15) is 24.4 Å². The van der Waals surface area contributed by atoms with Crippen LogP contribution >= 0.6 is 0 Å². The highest BCUT2D eigenvalue weighted by Gasteiger charge is 2.49. The van der Waals surface area contributed by atoms with Crippen LogP contribution < -0.4 is 23.0 Å². The Morgan fingerprint density at radius 1 is 1.03 bits per heavy atom. The summed E-state index contributed by atoms with van der Waals surface area (Å²) in [5, 5.41) is 9.88. The molecule has 3 aliphatic heterocycles. The SMILES string of the molecule is O=C(C[N+]12CCC(CC1)C(OC(=O)C(Nc1ccccc1)c1ccccc1)C2)Nc1ccon1.[Cl-]. The number of halogens is 1. The maximum absolute atomic E-state index is 13.4. The van der Waals surface area contributed by atoms with Gasteiger partial charge in [-0.2, -0.15) is 0 Å². The lowest BCUT2D eigenvalue weighted by Gasteiger charge is -2.51. The Bertz CT molecular complexity index is 1100. The second-order valence-corrected chi connectivity index (χ2v) is 9.23. The molecule has 3 aromatic rings. The van der Waals surface area contributed by atoms with Gasteiger partial charge in [-0.1, -0.05) is 53.7 Å². The Hall–Kier alpha value is -3.36. The van der Waals surface area contributed by atoms with Gasteiger partial charge in [0.15, 0.2) is 24.5 Å². The van der Waals surface area contributed by atoms with Crippen LogP contribution in [-0.4, -0.2) is 53.8 Å². The van der Waals surface area contributed by atoms with E-state index in [0.717, 1.165) is 37.2 Å². The molecule has 4 heterocycles. The van der Waals surface area contributed by atoms with Crippen LogP contribution in [0.2, 0.25) is 0 Å². The van der Waals surface area contributed by atoms with Gasteiger partial charge in [-0.15, -0.1) is 0 Å². The number of aromatic nitrogens is 1. The number of quaternary nitrogens is 1. The molecule has 0 aliphatic carbocycles. The number of hydrogen-bond donors (Lipinski definition) is 2. The number of amides is 1. The Morgan fingerprint density at radius 2 is 1.71 bits per heavy atom. The van der Waals surface area contributed by atoms with Crippen LogP contribution in [0.3, 0.4) is 0 Å². The number of ether oxygens (including phenoxy) is 1. The number of fused-ring (bicyclic) bond motifs is 3. The molecule has 1 aromatic heterocycles. The molecule has 2 N–H and O–H groups in total. The standard InChI is InChI=1S/C26H28N4O4.ClH/c31-24(28-23-13-16-33-29-23)18-30-14-11-19(12-15-30)22(17-30)34-26(32)25(20-7-3-1-4-8-20)27-21-9-5-2-6-10-21;/h1-10,13,16,19,22,25,27H,11-12,14-15,17-18H2;1H. The van der Waals surface area contributed by atoms with Crippen molar-refractivity contribution in [2.45, 2.75) is 25.0 Å². The maximum atomic E-state index is 13.4. The van der Waals surface area contributed by atoms with E-state index in [1.807, 2.05) is 60.7 Å². The number of esters is 1. The number of rotatable bonds is 8. The summed E-state index contributed by atoms with van der Waals surface area (Å²) in [4.78, 5) is 26.1. The average molecular weight is 497 g/mol. The van der Waals surface area contributed by atoms with E-state index in [9.17, 15) is 9.59 Å². The van der Waals surface area contributed by atoms with E-state index in [1.165, 1.54) is 6.26 Å². The van der Waals surface area contributed by atoms with Crippen LogP contribution in [0.15, 0.2) is 77.5 Å². The first kappa shape index (κ1) is 24.8. The first-order valence-corrected chi connectivity index (χ1v) is 11.7. The third kappa shape index (κ3) is 5.83. The molecule has 0 radical (unpaired) electrons. The van der Waals surface area contributed by atoms with Gasteiger partial charge in [-0.3, -0.25) is 4.79 Å². The normalized spacial score (nSPS) is 23.5. The Balaban J connectivity index is 0.00000289. The second kappa shape index (κ2) is 10.9. The van der Waals surface area contributed by atoms with Crippen LogP contribution in [-0.2, 0) is 14.3 Å². The predicted molar refractivity (Wildman–Crippen MR) is 127 cm³/mol. The highest BCUT2D eigenvalue weighted by Crippen LogP contribution is 2.36. The van der Waals surface area contributed by atoms with E-state index in [2.05, 4.69) is 15.8 Å². The molecule has 3 fully saturated rings. The number of nitrogens with one attached hydrogen (secondary N) is 2. The minimum Gasteiger partial charge on any atom is -1.00 e. The summed E-state index contributed by atoms with van der Waals surface area (Å²) >= 11 is 0. The van der Waals surface area contributed by atoms with Gasteiger partial charge < -0.3 is 36.8 Å². The first-order chi connectivity index (χ1) is 16.6. The molecular formula is C26H29ClN4O4. The summed E-state index contributed by atoms with van der Waals surface area (Å²) in [7, 11) is 0. The van der Waals surface area contributed by atoms with Crippen molar-refractivity contribution in [2.75, 3.05) is 36.8 Å². The van der Waals surface area contributed by atoms with Crippen LogP contribution in [0.25, 0.3) is 0 Å². The van der Waals surface area contributed by atoms with Gasteiger partial charge in [-0.25, -0.2) is 4.79 Å². The Labute approximate surface area is 210 Å². The van der Waals surface area contributed by atoms with E-state index >= 15 is 0 Å². The van der Waals surface area contributed by atoms with Gasteiger partial charge >= 0.3 is 5.97 Å². The number of nitrogens with zero attached hydrogens (tertiary/aromatic N) is 2. The summed E-state index contributed by atoms with van der Waals surface area (Å²) in [5.74, 6) is 0.345. The Kier molecular flexibility index (Phi) is 7.73. The smallest absolute Gasteiger partial charge is 0.333 e. The van der Waals surface area contributed by atoms with Crippen LogP contribution in [0, 0.1) is 5.92 Å². The van der Waals surface area contributed by atoms with Gasteiger partial charge in [0.2, 0.25) is 0 Å². The number of hydrogen-bond acceptors (Lipinski definition) is 6. The summed E-state index contributed by atoms with van der Waals surface area (Å²) in [6.07, 6.45) is 3.10. The summed E-state index contributed by atoms with van der Waals surface area (Å²) in [5.41, 5.74) is 1.71. The molecule has 2 unspecified atom stereocenters. The molecule has 8 nitrogen and oxygen atoms in total. The maximum Gasteiger partial charge on any atom is 0.333 e. The largest absolute Gasteiger partial charge is 1.00 e. The zero-order valence-corrected chi connectivity index (χ0v) is 20.1. The van der Waals surface area contributed by atoms with Crippen molar-refractivity contribution in [1.82, 2.24) is 5.16 Å². The summed E-state index contributed by atoms with van der Waals surface area (Å²) < 4.78 is 11.6. The number of anilines is 2. The fourth-order valence-electron chi connectivity index (χ4n) is 5.18. The van der Waals surface area contributed by atoms with Gasteiger partial charge in [0.1, 0.15) is 12.8 Å². The number of benzene rings is 2. The number of para-hydroxylation sites is 1. The molecule has 3 aliphatic rings. The predicted octanol–water partition coefficient (Wildman–Crippen LogP) is 0.623. The van der Waals surface area contributed by atoms with E-state index < -0.39 is 6.04 Å². The van der Waals surface area contributed by atoms with Crippen molar-refractivity contribution >= 4 is 23.4 Å². The highest BCUT2D eigenvalue weighted by atomic mass is 35.5. The molecular weight excluding hydrogens is 468 g/mol. The molecule has 3 saturated heterocycles. The quantitative estimate of drug-likeness (QED) is 0.351. The van der Waals surface area contributed by atoms with Crippen molar-refractivity contribution in [1.29, 1.82) is 0 Å². The number of carbonyl (C=O) groups excluding carboxylic acids is 2. The minimum atomic E-state index is -0.608. The van der Waals surface area contributed by atoms with Gasteiger partial charge in [-0.05, 0) is 17.7 Å². The van der Waals surface area contributed by atoms with E-state index in [-0.39, 0.29) is 30.4 Å². The monoisotopic (exact) mass is 496 g/mol. The molecule has 1 amide bonds. The average Bonchev–Trinajstić information content (AvgIpc) is 3.37. The zero-order chi connectivity index (χ0) is 23.4. The first-order valence-electron chi connectivity index (χ1n) is 11.7. The summed E-state index contributed by atoms with van der Waals surface area (Å²) in [6, 6.07) is 20.3. The third-order valence-electron chi connectivity index (χ3n) is 6.95. The van der Waals surface area contributed by atoms with Gasteiger partial charge in [0.25, 0.3) is 5.91 Å². The molecule has 9 heteroatoms. The summed E-state index contributed by atoms with van der Waals surface area (Å²) in [6.45, 7) is 2.80. The number of carbonyl (C=O) groups is 2. The van der Waals surface area contributed by atoms with E-state index in [0.29, 0.717) is 29.3 Å². The van der Waals surface area contributed by atoms with Crippen LogP contribution in [0.4, 0.5) is 11.5 Å². The minimum absolute atomic E-state index is 0. The molecule has 2 bridgehead atoms. The Morgan fingerprint density at radius 3 is 2.37 bits per heavy atom. The molecule has 0 saturated carbocycles. The van der Waals surface area contributed by atoms with Crippen molar-refractivity contribution in [3.63, 3.8) is 0 Å². The van der Waals surface area contributed by atoms with Crippen LogP contribution in [0.5, 0.6) is 0 Å². The molecule has 35 heavy (non-hydrogen) atoms. The topological polar surface area (TPSA) is 93.5 Å². The van der Waals surface area contributed by atoms with Crippen molar-refractivity contribution < 1.29 is 35.7 Å². The highest BCUT2D eigenvalue weighted by molar-refractivity contribution is 5.90. The molecule has 2 aromatic carbocycles. The fourth-order valence-corrected chi connectivity index (χ4v) is 5.18. The fraction of sp³-hybridized carbons (Fsp3) is 0.346. The van der Waals surface area contributed by atoms with E-state index in [4.69, 9.17) is 9.26 Å².